The fraction of sp³-hybridized carbons (Fsp3) is 1.00. The molecule has 0 aromatic rings. The summed E-state index contributed by atoms with van der Waals surface area (Å²) in [6.07, 6.45) is 1.82. The van der Waals surface area contributed by atoms with E-state index in [1.54, 1.807) is 0 Å². The summed E-state index contributed by atoms with van der Waals surface area (Å²) in [6.45, 7) is 0.667. The van der Waals surface area contributed by atoms with Crippen LogP contribution >= 0.6 is 25.0 Å². The van der Waals surface area contributed by atoms with Crippen LogP contribution in [-0.4, -0.2) is 18.0 Å². The van der Waals surface area contributed by atoms with E-state index in [9.17, 15) is 0 Å². The quantitative estimate of drug-likeness (QED) is 0.630. The van der Waals surface area contributed by atoms with Crippen molar-refractivity contribution in [2.45, 2.75) is 18.5 Å². The van der Waals surface area contributed by atoms with Gasteiger partial charge in [0, 0.05) is 12.8 Å². The summed E-state index contributed by atoms with van der Waals surface area (Å²) >= 11 is 4.09. The highest BCUT2D eigenvalue weighted by Gasteiger charge is 2.37. The normalized spacial score (nSPS) is 18.2. The van der Waals surface area contributed by atoms with Crippen molar-refractivity contribution in [1.82, 2.24) is 0 Å². The topological polar surface area (TPSA) is 50.7 Å². The predicted octanol–water partition coefficient (Wildman–Crippen LogP) is 1.24. The molecule has 0 bridgehead atoms. The Morgan fingerprint density at radius 2 is 1.90 bits per heavy atom. The smallest absolute Gasteiger partial charge is 0.192 e. The number of thiol groups is 1. The predicted molar refractivity (Wildman–Crippen MR) is 47.0 cm³/mol. The molecule has 0 amide bonds. The number of nitrogens with two attached hydrogens (primary N) is 1. The molecule has 0 atom stereocenters. The van der Waals surface area contributed by atoms with E-state index in [0.717, 1.165) is 18.6 Å². The van der Waals surface area contributed by atoms with Crippen molar-refractivity contribution in [3.8, 4) is 0 Å². The van der Waals surface area contributed by atoms with Gasteiger partial charge in [0.05, 0.1) is 0 Å². The van der Waals surface area contributed by atoms with E-state index in [0.29, 0.717) is 6.54 Å². The van der Waals surface area contributed by atoms with Gasteiger partial charge in [-0.15, -0.1) is 12.4 Å². The second-order valence-corrected chi connectivity index (χ2v) is 2.64. The SMILES string of the molecule is Cl.NCCC1(CCS)N=N1. The molecule has 0 unspecified atom stereocenters. The molecule has 5 heteroatoms. The lowest BCUT2D eigenvalue weighted by Crippen LogP contribution is -2.17. The molecule has 1 heterocycles. The van der Waals surface area contributed by atoms with Crippen LogP contribution in [0.4, 0.5) is 0 Å². The molecule has 2 N–H and O–H groups in total. The molecule has 3 nitrogen and oxygen atoms in total. The molecular formula is C5H12ClN3S. The van der Waals surface area contributed by atoms with E-state index < -0.39 is 0 Å². The molecule has 0 aromatic carbocycles. The van der Waals surface area contributed by atoms with Crippen LogP contribution in [0.25, 0.3) is 0 Å². The zero-order valence-electron chi connectivity index (χ0n) is 5.66. The Kier molecular flexibility index (Phi) is 4.24. The van der Waals surface area contributed by atoms with Crippen molar-refractivity contribution in [2.75, 3.05) is 12.3 Å². The van der Waals surface area contributed by atoms with Gasteiger partial charge in [-0.05, 0) is 12.3 Å². The summed E-state index contributed by atoms with van der Waals surface area (Å²) in [5.74, 6) is 0.840. The third kappa shape index (κ3) is 2.44. The Balaban J connectivity index is 0.000000810. The van der Waals surface area contributed by atoms with Crippen LogP contribution in [0.3, 0.4) is 0 Å². The fourth-order valence-electron chi connectivity index (χ4n) is 0.806. The van der Waals surface area contributed by atoms with Crippen molar-refractivity contribution in [3.05, 3.63) is 0 Å². The van der Waals surface area contributed by atoms with E-state index in [-0.39, 0.29) is 18.1 Å². The average molecular weight is 182 g/mol. The second-order valence-electron chi connectivity index (χ2n) is 2.19. The average Bonchev–Trinajstić information content (AvgIpc) is 2.51. The highest BCUT2D eigenvalue weighted by Crippen LogP contribution is 2.34. The van der Waals surface area contributed by atoms with Crippen molar-refractivity contribution in [2.24, 2.45) is 16.0 Å². The molecule has 0 fully saturated rings. The number of halogens is 1. The summed E-state index contributed by atoms with van der Waals surface area (Å²) in [5, 5.41) is 7.82. The lowest BCUT2D eigenvalue weighted by atomic mass is 10.1. The third-order valence-corrected chi connectivity index (χ3v) is 1.66. The fourth-order valence-corrected chi connectivity index (χ4v) is 1.16. The molecule has 0 spiro atoms. The molecule has 0 saturated carbocycles. The van der Waals surface area contributed by atoms with Gasteiger partial charge >= 0.3 is 0 Å². The Hall–Kier alpha value is 0.200. The zero-order chi connectivity index (χ0) is 6.74. The molecule has 0 radical (unpaired) electrons. The Morgan fingerprint density at radius 3 is 2.20 bits per heavy atom. The maximum Gasteiger partial charge on any atom is 0.192 e. The molecule has 1 rings (SSSR count). The van der Waals surface area contributed by atoms with Gasteiger partial charge in [0.2, 0.25) is 0 Å². The Bertz CT molecular complexity index is 114. The number of hydrogen-bond acceptors (Lipinski definition) is 4. The van der Waals surface area contributed by atoms with Crippen LogP contribution in [-0.2, 0) is 0 Å². The number of nitrogens with zero attached hydrogens (tertiary/aromatic N) is 2. The van der Waals surface area contributed by atoms with E-state index in [1.807, 2.05) is 0 Å². The minimum atomic E-state index is -0.101. The lowest BCUT2D eigenvalue weighted by Gasteiger charge is -2.04. The monoisotopic (exact) mass is 181 g/mol. The van der Waals surface area contributed by atoms with Gasteiger partial charge in [-0.2, -0.15) is 22.9 Å². The maximum absolute atomic E-state index is 5.34. The van der Waals surface area contributed by atoms with Crippen LogP contribution in [0.1, 0.15) is 12.8 Å². The minimum Gasteiger partial charge on any atom is -0.330 e. The Morgan fingerprint density at radius 1 is 1.30 bits per heavy atom. The van der Waals surface area contributed by atoms with Gasteiger partial charge in [-0.25, -0.2) is 0 Å². The van der Waals surface area contributed by atoms with E-state index in [2.05, 4.69) is 22.9 Å². The minimum absolute atomic E-state index is 0. The van der Waals surface area contributed by atoms with Crippen molar-refractivity contribution < 1.29 is 0 Å². The molecule has 1 aliphatic heterocycles. The van der Waals surface area contributed by atoms with Crippen LogP contribution in [0, 0.1) is 0 Å². The van der Waals surface area contributed by atoms with Crippen LogP contribution in [0.5, 0.6) is 0 Å². The molecule has 0 aromatic heterocycles. The molecule has 0 saturated heterocycles. The zero-order valence-corrected chi connectivity index (χ0v) is 7.37. The number of hydrogen-bond donors (Lipinski definition) is 2. The maximum atomic E-state index is 5.34. The van der Waals surface area contributed by atoms with Gasteiger partial charge in [0.25, 0.3) is 0 Å². The summed E-state index contributed by atoms with van der Waals surface area (Å²) in [4.78, 5) is 0. The van der Waals surface area contributed by atoms with Gasteiger partial charge in [0.15, 0.2) is 5.66 Å². The summed E-state index contributed by atoms with van der Waals surface area (Å²) in [7, 11) is 0. The van der Waals surface area contributed by atoms with Crippen LogP contribution in [0.15, 0.2) is 10.2 Å². The molecular weight excluding hydrogens is 170 g/mol. The first-order chi connectivity index (χ1) is 4.33. The summed E-state index contributed by atoms with van der Waals surface area (Å²) in [6, 6.07) is 0. The van der Waals surface area contributed by atoms with Crippen LogP contribution < -0.4 is 5.73 Å². The van der Waals surface area contributed by atoms with Crippen molar-refractivity contribution in [1.29, 1.82) is 0 Å². The highest BCUT2D eigenvalue weighted by atomic mass is 35.5. The van der Waals surface area contributed by atoms with Gasteiger partial charge in [0.1, 0.15) is 0 Å². The second kappa shape index (κ2) is 4.16. The van der Waals surface area contributed by atoms with E-state index >= 15 is 0 Å². The largest absolute Gasteiger partial charge is 0.330 e. The lowest BCUT2D eigenvalue weighted by molar-refractivity contribution is 0.543. The standard InChI is InChI=1S/C5H11N3S.ClH/c6-3-1-5(2-4-9)7-8-5;/h9H,1-4,6H2;1H. The van der Waals surface area contributed by atoms with Gasteiger partial charge in [-0.1, -0.05) is 0 Å². The van der Waals surface area contributed by atoms with Crippen LogP contribution in [0.2, 0.25) is 0 Å². The van der Waals surface area contributed by atoms with Crippen molar-refractivity contribution in [3.63, 3.8) is 0 Å². The van der Waals surface area contributed by atoms with Gasteiger partial charge in [-0.3, -0.25) is 0 Å². The molecule has 0 aliphatic carbocycles. The summed E-state index contributed by atoms with van der Waals surface area (Å²) in [5.41, 5.74) is 5.24. The third-order valence-electron chi connectivity index (χ3n) is 1.44. The van der Waals surface area contributed by atoms with Crippen molar-refractivity contribution >= 4 is 25.0 Å². The first-order valence-electron chi connectivity index (χ1n) is 3.08. The van der Waals surface area contributed by atoms with E-state index in [1.165, 1.54) is 0 Å². The highest BCUT2D eigenvalue weighted by molar-refractivity contribution is 7.80. The molecule has 1 aliphatic rings. The number of rotatable bonds is 4. The Labute approximate surface area is 72.3 Å². The summed E-state index contributed by atoms with van der Waals surface area (Å²) < 4.78 is 0. The van der Waals surface area contributed by atoms with Gasteiger partial charge < -0.3 is 5.73 Å². The van der Waals surface area contributed by atoms with E-state index in [4.69, 9.17) is 5.73 Å². The molecule has 10 heavy (non-hydrogen) atoms. The first kappa shape index (κ1) is 10.2. The molecule has 60 valence electrons. The first-order valence-corrected chi connectivity index (χ1v) is 3.71.